The lowest BCUT2D eigenvalue weighted by molar-refractivity contribution is -0.136. The standard InChI is InChI=1S/C16H18F3N3OS/c1-21(2)15(23)10-9-24-14-11(16(17,18)19)8-12(20-13(10)14)22-6-4-3-5-7-22/h8-9H,3-7H2,1-2H3. The maximum absolute atomic E-state index is 13.5. The molecule has 0 spiro atoms. The summed E-state index contributed by atoms with van der Waals surface area (Å²) < 4.78 is 40.5. The summed E-state index contributed by atoms with van der Waals surface area (Å²) >= 11 is 0.920. The van der Waals surface area contributed by atoms with Crippen molar-refractivity contribution < 1.29 is 18.0 Å². The van der Waals surface area contributed by atoms with Gasteiger partial charge in [0, 0.05) is 32.6 Å². The van der Waals surface area contributed by atoms with E-state index in [4.69, 9.17) is 0 Å². The first kappa shape index (κ1) is 17.0. The lowest BCUT2D eigenvalue weighted by atomic mass is 10.1. The first-order valence-corrected chi connectivity index (χ1v) is 8.63. The molecule has 1 fully saturated rings. The highest BCUT2D eigenvalue weighted by Crippen LogP contribution is 2.40. The number of hydrogen-bond acceptors (Lipinski definition) is 4. The highest BCUT2D eigenvalue weighted by atomic mass is 32.1. The minimum absolute atomic E-state index is 0.0217. The van der Waals surface area contributed by atoms with Crippen LogP contribution in [0.2, 0.25) is 0 Å². The molecule has 0 aromatic carbocycles. The molecule has 3 rings (SSSR count). The number of nitrogens with zero attached hydrogens (tertiary/aromatic N) is 3. The fourth-order valence-corrected chi connectivity index (χ4v) is 3.90. The second kappa shape index (κ2) is 6.23. The van der Waals surface area contributed by atoms with Gasteiger partial charge in [-0.15, -0.1) is 11.3 Å². The molecule has 4 nitrogen and oxygen atoms in total. The zero-order valence-corrected chi connectivity index (χ0v) is 14.3. The average Bonchev–Trinajstić information content (AvgIpc) is 2.96. The van der Waals surface area contributed by atoms with Gasteiger partial charge in [-0.2, -0.15) is 13.2 Å². The number of amides is 1. The maximum atomic E-state index is 13.5. The lowest BCUT2D eigenvalue weighted by Gasteiger charge is -2.28. The summed E-state index contributed by atoms with van der Waals surface area (Å²) in [6.07, 6.45) is -1.52. The van der Waals surface area contributed by atoms with Crippen LogP contribution in [0.3, 0.4) is 0 Å². The number of halogens is 3. The van der Waals surface area contributed by atoms with Gasteiger partial charge in [0.15, 0.2) is 0 Å². The first-order valence-electron chi connectivity index (χ1n) is 7.75. The Balaban J connectivity index is 2.19. The van der Waals surface area contributed by atoms with Crippen LogP contribution in [0.15, 0.2) is 11.4 Å². The number of rotatable bonds is 2. The maximum Gasteiger partial charge on any atom is 0.417 e. The van der Waals surface area contributed by atoms with Crippen LogP contribution >= 0.6 is 11.3 Å². The summed E-state index contributed by atoms with van der Waals surface area (Å²) in [5.41, 5.74) is -0.339. The predicted octanol–water partition coefficient (Wildman–Crippen LogP) is 4.01. The highest BCUT2D eigenvalue weighted by molar-refractivity contribution is 7.17. The molecule has 130 valence electrons. The zero-order chi connectivity index (χ0) is 17.5. The van der Waals surface area contributed by atoms with Crippen molar-refractivity contribution in [2.75, 3.05) is 32.1 Å². The third-order valence-corrected chi connectivity index (χ3v) is 5.13. The van der Waals surface area contributed by atoms with E-state index in [1.165, 1.54) is 10.3 Å². The molecule has 2 aromatic rings. The molecule has 0 bridgehead atoms. The van der Waals surface area contributed by atoms with Crippen LogP contribution in [-0.4, -0.2) is 43.0 Å². The minimum Gasteiger partial charge on any atom is -0.357 e. The smallest absolute Gasteiger partial charge is 0.357 e. The van der Waals surface area contributed by atoms with Gasteiger partial charge in [-0.3, -0.25) is 4.79 Å². The number of anilines is 1. The van der Waals surface area contributed by atoms with Crippen molar-refractivity contribution in [2.24, 2.45) is 0 Å². The van der Waals surface area contributed by atoms with E-state index in [-0.39, 0.29) is 21.7 Å². The topological polar surface area (TPSA) is 36.4 Å². The molecule has 24 heavy (non-hydrogen) atoms. The van der Waals surface area contributed by atoms with Gasteiger partial charge in [-0.1, -0.05) is 0 Å². The fraction of sp³-hybridized carbons (Fsp3) is 0.500. The molecule has 8 heteroatoms. The van der Waals surface area contributed by atoms with Crippen molar-refractivity contribution >= 4 is 33.3 Å². The number of thiophene rings is 1. The Morgan fingerprint density at radius 2 is 1.92 bits per heavy atom. The Hall–Kier alpha value is -1.83. The Morgan fingerprint density at radius 3 is 2.50 bits per heavy atom. The second-order valence-corrected chi connectivity index (χ2v) is 6.98. The van der Waals surface area contributed by atoms with Crippen molar-refractivity contribution in [3.63, 3.8) is 0 Å². The van der Waals surface area contributed by atoms with E-state index in [0.717, 1.165) is 36.7 Å². The van der Waals surface area contributed by atoms with E-state index < -0.39 is 11.7 Å². The summed E-state index contributed by atoms with van der Waals surface area (Å²) in [5.74, 6) is -0.0293. The number of piperidine rings is 1. The third kappa shape index (κ3) is 3.07. The molecule has 2 aromatic heterocycles. The van der Waals surface area contributed by atoms with Crippen LogP contribution in [-0.2, 0) is 6.18 Å². The molecular weight excluding hydrogens is 339 g/mol. The number of aromatic nitrogens is 1. The summed E-state index contributed by atoms with van der Waals surface area (Å²) in [7, 11) is 3.15. The van der Waals surface area contributed by atoms with E-state index in [0.29, 0.717) is 18.9 Å². The van der Waals surface area contributed by atoms with E-state index >= 15 is 0 Å². The molecule has 0 N–H and O–H groups in total. The number of carbonyl (C=O) groups is 1. The fourth-order valence-electron chi connectivity index (χ4n) is 2.88. The monoisotopic (exact) mass is 357 g/mol. The van der Waals surface area contributed by atoms with Gasteiger partial charge in [0.1, 0.15) is 5.82 Å². The molecule has 1 amide bonds. The molecule has 0 radical (unpaired) electrons. The van der Waals surface area contributed by atoms with Gasteiger partial charge in [0.25, 0.3) is 5.91 Å². The van der Waals surface area contributed by atoms with Gasteiger partial charge in [0.2, 0.25) is 0 Å². The van der Waals surface area contributed by atoms with Crippen LogP contribution < -0.4 is 4.90 Å². The van der Waals surface area contributed by atoms with E-state index in [1.807, 2.05) is 4.90 Å². The van der Waals surface area contributed by atoms with Crippen LogP contribution in [0.4, 0.5) is 19.0 Å². The Bertz CT molecular complexity index is 764. The van der Waals surface area contributed by atoms with Gasteiger partial charge in [-0.05, 0) is 25.3 Å². The lowest BCUT2D eigenvalue weighted by Crippen LogP contribution is -2.30. The number of carbonyl (C=O) groups excluding carboxylic acids is 1. The molecule has 1 aliphatic rings. The number of hydrogen-bond donors (Lipinski definition) is 0. The van der Waals surface area contributed by atoms with Crippen molar-refractivity contribution in [1.82, 2.24) is 9.88 Å². The highest BCUT2D eigenvalue weighted by Gasteiger charge is 2.36. The number of fused-ring (bicyclic) bond motifs is 1. The quantitative estimate of drug-likeness (QED) is 0.815. The summed E-state index contributed by atoms with van der Waals surface area (Å²) in [6, 6.07) is 1.12. The van der Waals surface area contributed by atoms with Crippen LogP contribution in [0, 0.1) is 0 Å². The first-order chi connectivity index (χ1) is 11.3. The molecule has 0 atom stereocenters. The summed E-state index contributed by atoms with van der Waals surface area (Å²) in [5, 5.41) is 1.47. The van der Waals surface area contributed by atoms with Crippen molar-refractivity contribution in [2.45, 2.75) is 25.4 Å². The molecule has 0 aliphatic carbocycles. The van der Waals surface area contributed by atoms with E-state index in [1.54, 1.807) is 14.1 Å². The van der Waals surface area contributed by atoms with Gasteiger partial charge >= 0.3 is 6.18 Å². The average molecular weight is 357 g/mol. The largest absolute Gasteiger partial charge is 0.417 e. The van der Waals surface area contributed by atoms with E-state index in [9.17, 15) is 18.0 Å². The van der Waals surface area contributed by atoms with E-state index in [2.05, 4.69) is 4.98 Å². The van der Waals surface area contributed by atoms with Crippen LogP contribution in [0.25, 0.3) is 10.2 Å². The van der Waals surface area contributed by atoms with Crippen LogP contribution in [0.1, 0.15) is 35.2 Å². The SMILES string of the molecule is CN(C)C(=O)c1csc2c(C(F)(F)F)cc(N3CCCCC3)nc12. The zero-order valence-electron chi connectivity index (χ0n) is 13.5. The second-order valence-electron chi connectivity index (χ2n) is 6.10. The van der Waals surface area contributed by atoms with Crippen LogP contribution in [0.5, 0.6) is 0 Å². The predicted molar refractivity (Wildman–Crippen MR) is 88.7 cm³/mol. The summed E-state index contributed by atoms with van der Waals surface area (Å²) in [6.45, 7) is 1.38. The molecular formula is C16H18F3N3OS. The molecule has 0 unspecified atom stereocenters. The Labute approximate surface area is 141 Å². The minimum atomic E-state index is -4.48. The van der Waals surface area contributed by atoms with Gasteiger partial charge in [0.05, 0.1) is 21.3 Å². The van der Waals surface area contributed by atoms with Crippen molar-refractivity contribution in [1.29, 1.82) is 0 Å². The van der Waals surface area contributed by atoms with Gasteiger partial charge < -0.3 is 9.80 Å². The number of alkyl halides is 3. The molecule has 1 saturated heterocycles. The summed E-state index contributed by atoms with van der Waals surface area (Å²) in [4.78, 5) is 19.9. The third-order valence-electron chi connectivity index (χ3n) is 4.13. The van der Waals surface area contributed by atoms with Crippen molar-refractivity contribution in [3.8, 4) is 0 Å². The molecule has 0 saturated carbocycles. The molecule has 3 heterocycles. The Morgan fingerprint density at radius 1 is 1.25 bits per heavy atom. The van der Waals surface area contributed by atoms with Gasteiger partial charge in [-0.25, -0.2) is 4.98 Å². The molecule has 1 aliphatic heterocycles. The van der Waals surface area contributed by atoms with Crippen molar-refractivity contribution in [3.05, 3.63) is 22.6 Å². The Kier molecular flexibility index (Phi) is 4.42. The number of pyridine rings is 1. The normalized spacial score (nSPS) is 15.8.